The van der Waals surface area contributed by atoms with Crippen molar-refractivity contribution in [1.82, 2.24) is 20.2 Å². The van der Waals surface area contributed by atoms with Gasteiger partial charge < -0.3 is 5.11 Å². The minimum Gasteiger partial charge on any atom is -0.478 e. The number of aromatic carboxylic acids is 1. The predicted octanol–water partition coefficient (Wildman–Crippen LogP) is 2.74. The summed E-state index contributed by atoms with van der Waals surface area (Å²) in [7, 11) is 0. The number of hydrogen-bond donors (Lipinski definition) is 3. The predicted molar refractivity (Wildman–Crippen MR) is 107 cm³/mol. The van der Waals surface area contributed by atoms with Crippen LogP contribution in [0, 0.1) is 6.92 Å². The number of carbonyl (C=O) groups is 2. The quantitative estimate of drug-likeness (QED) is 0.409. The van der Waals surface area contributed by atoms with Crippen molar-refractivity contribution in [3.8, 4) is 5.82 Å². The molecule has 166 valence electrons. The van der Waals surface area contributed by atoms with Crippen molar-refractivity contribution in [3.05, 3.63) is 80.9 Å². The van der Waals surface area contributed by atoms with Gasteiger partial charge in [-0.2, -0.15) is 18.3 Å². The molecule has 0 saturated heterocycles. The van der Waals surface area contributed by atoms with Crippen LogP contribution in [0.25, 0.3) is 5.82 Å². The highest BCUT2D eigenvalue weighted by Gasteiger charge is 2.31. The van der Waals surface area contributed by atoms with Crippen LogP contribution in [0.1, 0.15) is 44.5 Å². The number of rotatable bonds is 5. The second-order valence-electron chi connectivity index (χ2n) is 6.68. The molecule has 3 rings (SSSR count). The van der Waals surface area contributed by atoms with Gasteiger partial charge in [0.05, 0.1) is 22.4 Å². The molecule has 3 N–H and O–H groups in total. The molecule has 3 aromatic rings. The Labute approximate surface area is 178 Å². The van der Waals surface area contributed by atoms with Crippen LogP contribution in [0.15, 0.2) is 52.5 Å². The molecule has 0 saturated carbocycles. The number of aryl methyl sites for hydroxylation is 1. The van der Waals surface area contributed by atoms with Gasteiger partial charge in [-0.05, 0) is 50.2 Å². The fourth-order valence-electron chi connectivity index (χ4n) is 2.84. The number of nitrogens with one attached hydrogen (secondary N) is 2. The standard InChI is InChI=1S/C20H16F3N5O4/c1-10(25-26-17(29)12-3-5-13(6-4-12)19(31)32)16-11(2)27-28(18(16)30)15-8-7-14(9-24-15)20(21,22)23/h3-9,27H,1-2H3,(H,26,29)(H,31,32)/b25-10+. The number of aromatic nitrogens is 3. The monoisotopic (exact) mass is 447 g/mol. The van der Waals surface area contributed by atoms with E-state index in [1.54, 1.807) is 6.92 Å². The highest BCUT2D eigenvalue weighted by molar-refractivity contribution is 6.01. The third kappa shape index (κ3) is 4.58. The number of hydrazone groups is 1. The van der Waals surface area contributed by atoms with Crippen LogP contribution in [0.5, 0.6) is 0 Å². The summed E-state index contributed by atoms with van der Waals surface area (Å²) in [6.07, 6.45) is -3.93. The Morgan fingerprint density at radius 1 is 1.12 bits per heavy atom. The van der Waals surface area contributed by atoms with Gasteiger partial charge in [0.25, 0.3) is 11.5 Å². The minimum atomic E-state index is -4.55. The van der Waals surface area contributed by atoms with Gasteiger partial charge in [-0.15, -0.1) is 0 Å². The molecular weight excluding hydrogens is 431 g/mol. The van der Waals surface area contributed by atoms with Crippen LogP contribution in [0.2, 0.25) is 0 Å². The van der Waals surface area contributed by atoms with E-state index in [4.69, 9.17) is 5.11 Å². The molecule has 1 aromatic carbocycles. The number of hydrogen-bond acceptors (Lipinski definition) is 5. The number of carbonyl (C=O) groups excluding carboxylic acids is 1. The molecular formula is C20H16F3N5O4. The first kappa shape index (κ1) is 22.5. The lowest BCUT2D eigenvalue weighted by Crippen LogP contribution is -2.24. The maximum atomic E-state index is 12.7. The van der Waals surface area contributed by atoms with E-state index in [1.165, 1.54) is 31.2 Å². The molecule has 12 heteroatoms. The zero-order valence-electron chi connectivity index (χ0n) is 16.7. The zero-order valence-corrected chi connectivity index (χ0v) is 16.7. The number of halogens is 3. The largest absolute Gasteiger partial charge is 0.478 e. The first-order valence-corrected chi connectivity index (χ1v) is 9.02. The van der Waals surface area contributed by atoms with Gasteiger partial charge >= 0.3 is 12.1 Å². The number of amides is 1. The van der Waals surface area contributed by atoms with E-state index in [0.717, 1.165) is 16.8 Å². The van der Waals surface area contributed by atoms with Crippen LogP contribution in [-0.4, -0.2) is 37.5 Å². The van der Waals surface area contributed by atoms with Gasteiger partial charge in [0.15, 0.2) is 5.82 Å². The van der Waals surface area contributed by atoms with Gasteiger partial charge in [-0.1, -0.05) is 0 Å². The van der Waals surface area contributed by atoms with Crippen molar-refractivity contribution in [3.63, 3.8) is 0 Å². The van der Waals surface area contributed by atoms with E-state index in [9.17, 15) is 27.6 Å². The molecule has 1 amide bonds. The Morgan fingerprint density at radius 3 is 2.28 bits per heavy atom. The van der Waals surface area contributed by atoms with Crippen LogP contribution in [0.3, 0.4) is 0 Å². The number of alkyl halides is 3. The molecule has 0 atom stereocenters. The van der Waals surface area contributed by atoms with E-state index in [0.29, 0.717) is 11.9 Å². The smallest absolute Gasteiger partial charge is 0.417 e. The summed E-state index contributed by atoms with van der Waals surface area (Å²) in [4.78, 5) is 39.5. The van der Waals surface area contributed by atoms with E-state index in [2.05, 4.69) is 20.6 Å². The van der Waals surface area contributed by atoms with Crippen molar-refractivity contribution in [2.45, 2.75) is 20.0 Å². The molecule has 0 spiro atoms. The highest BCUT2D eigenvalue weighted by Crippen LogP contribution is 2.28. The minimum absolute atomic E-state index is 0.0154. The summed E-state index contributed by atoms with van der Waals surface area (Å²) < 4.78 is 39.1. The molecule has 0 aliphatic heterocycles. The number of carboxylic acid groups (broad SMARTS) is 1. The molecule has 0 aliphatic rings. The Morgan fingerprint density at radius 2 is 1.75 bits per heavy atom. The van der Waals surface area contributed by atoms with Crippen molar-refractivity contribution < 1.29 is 27.9 Å². The summed E-state index contributed by atoms with van der Waals surface area (Å²) in [5.41, 5.74) is 1.49. The molecule has 2 aromatic heterocycles. The molecule has 0 fully saturated rings. The van der Waals surface area contributed by atoms with Crippen LogP contribution < -0.4 is 11.0 Å². The summed E-state index contributed by atoms with van der Waals surface area (Å²) in [5, 5.41) is 15.5. The fraction of sp³-hybridized carbons (Fsp3) is 0.150. The zero-order chi connectivity index (χ0) is 23.6. The second kappa shape index (κ2) is 8.49. The lowest BCUT2D eigenvalue weighted by molar-refractivity contribution is -0.137. The Bertz CT molecular complexity index is 1260. The van der Waals surface area contributed by atoms with E-state index < -0.39 is 29.2 Å². The van der Waals surface area contributed by atoms with Crippen molar-refractivity contribution in [2.24, 2.45) is 5.10 Å². The van der Waals surface area contributed by atoms with Gasteiger partial charge in [-0.25, -0.2) is 19.9 Å². The van der Waals surface area contributed by atoms with Crippen molar-refractivity contribution >= 4 is 17.6 Å². The molecule has 0 radical (unpaired) electrons. The summed E-state index contributed by atoms with van der Waals surface area (Å²) in [6.45, 7) is 3.03. The number of nitrogens with zero attached hydrogens (tertiary/aromatic N) is 3. The lowest BCUT2D eigenvalue weighted by atomic mass is 10.1. The fourth-order valence-corrected chi connectivity index (χ4v) is 2.84. The van der Waals surface area contributed by atoms with Gasteiger partial charge in [-0.3, -0.25) is 14.7 Å². The van der Waals surface area contributed by atoms with E-state index in [1.807, 2.05) is 0 Å². The normalized spacial score (nSPS) is 12.0. The average molecular weight is 447 g/mol. The molecule has 0 aliphatic carbocycles. The summed E-state index contributed by atoms with van der Waals surface area (Å²) in [6, 6.07) is 7.02. The van der Waals surface area contributed by atoms with E-state index in [-0.39, 0.29) is 28.2 Å². The number of pyridine rings is 1. The topological polar surface area (TPSA) is 129 Å². The van der Waals surface area contributed by atoms with Gasteiger partial charge in [0.2, 0.25) is 0 Å². The van der Waals surface area contributed by atoms with Crippen LogP contribution in [0.4, 0.5) is 13.2 Å². The lowest BCUT2D eigenvalue weighted by Gasteiger charge is -2.06. The maximum absolute atomic E-state index is 12.7. The second-order valence-corrected chi connectivity index (χ2v) is 6.68. The average Bonchev–Trinajstić information content (AvgIpc) is 3.05. The Hall–Kier alpha value is -4.22. The third-order valence-electron chi connectivity index (χ3n) is 4.46. The number of aromatic amines is 1. The number of carboxylic acids is 1. The van der Waals surface area contributed by atoms with Crippen molar-refractivity contribution in [2.75, 3.05) is 0 Å². The Balaban J connectivity index is 1.83. The number of H-pyrrole nitrogens is 1. The van der Waals surface area contributed by atoms with Crippen LogP contribution in [-0.2, 0) is 6.18 Å². The SMILES string of the molecule is C/C(=N\NC(=O)c1ccc(C(=O)O)cc1)c1c(C)[nH]n(-c2ccc(C(F)(F)F)cn2)c1=O. The summed E-state index contributed by atoms with van der Waals surface area (Å²) >= 11 is 0. The van der Waals surface area contributed by atoms with E-state index >= 15 is 0 Å². The molecule has 0 bridgehead atoms. The van der Waals surface area contributed by atoms with Crippen LogP contribution >= 0.6 is 0 Å². The van der Waals surface area contributed by atoms with Gasteiger partial charge in [0.1, 0.15) is 0 Å². The highest BCUT2D eigenvalue weighted by atomic mass is 19.4. The molecule has 0 unspecified atom stereocenters. The first-order chi connectivity index (χ1) is 15.0. The molecule has 32 heavy (non-hydrogen) atoms. The maximum Gasteiger partial charge on any atom is 0.417 e. The number of benzene rings is 1. The summed E-state index contributed by atoms with van der Waals surface area (Å²) in [5.74, 6) is -1.81. The first-order valence-electron chi connectivity index (χ1n) is 9.02. The van der Waals surface area contributed by atoms with Crippen molar-refractivity contribution in [1.29, 1.82) is 0 Å². The molecule has 2 heterocycles. The molecule has 9 nitrogen and oxygen atoms in total. The van der Waals surface area contributed by atoms with Gasteiger partial charge in [0, 0.05) is 17.5 Å². The Kier molecular flexibility index (Phi) is 5.96. The third-order valence-corrected chi connectivity index (χ3v) is 4.46.